The van der Waals surface area contributed by atoms with E-state index in [9.17, 15) is 4.79 Å². The van der Waals surface area contributed by atoms with Crippen LogP contribution >= 0.6 is 0 Å². The normalized spacial score (nSPS) is 10.2. The SMILES string of the molecule is COc1ccc(-c2noc(CCNC(C)=O)n2)cc1OC. The molecule has 0 fully saturated rings. The summed E-state index contributed by atoms with van der Waals surface area (Å²) in [5.41, 5.74) is 0.766. The number of methoxy groups -OCH3 is 2. The van der Waals surface area contributed by atoms with Crippen LogP contribution in [-0.4, -0.2) is 36.8 Å². The fourth-order valence-corrected chi connectivity index (χ4v) is 1.79. The molecule has 1 heterocycles. The predicted octanol–water partition coefficient (Wildman–Crippen LogP) is 1.43. The second-order valence-electron chi connectivity index (χ2n) is 4.31. The highest BCUT2D eigenvalue weighted by Gasteiger charge is 2.12. The van der Waals surface area contributed by atoms with Gasteiger partial charge in [-0.1, -0.05) is 5.16 Å². The van der Waals surface area contributed by atoms with Gasteiger partial charge in [-0.25, -0.2) is 0 Å². The molecule has 0 atom stereocenters. The molecule has 0 aliphatic heterocycles. The summed E-state index contributed by atoms with van der Waals surface area (Å²) in [6.45, 7) is 1.92. The number of rotatable bonds is 6. The monoisotopic (exact) mass is 291 g/mol. The predicted molar refractivity (Wildman–Crippen MR) is 75.2 cm³/mol. The number of benzene rings is 1. The van der Waals surface area contributed by atoms with E-state index in [1.165, 1.54) is 6.92 Å². The van der Waals surface area contributed by atoms with Crippen molar-refractivity contribution in [3.8, 4) is 22.9 Å². The van der Waals surface area contributed by atoms with Crippen molar-refractivity contribution in [1.29, 1.82) is 0 Å². The molecule has 112 valence electrons. The maximum atomic E-state index is 10.8. The lowest BCUT2D eigenvalue weighted by Gasteiger charge is -2.07. The number of aromatic nitrogens is 2. The van der Waals surface area contributed by atoms with Gasteiger partial charge < -0.3 is 19.3 Å². The number of carbonyl (C=O) groups is 1. The minimum atomic E-state index is -0.0883. The van der Waals surface area contributed by atoms with E-state index in [2.05, 4.69) is 15.5 Å². The first-order valence-electron chi connectivity index (χ1n) is 6.43. The number of amides is 1. The van der Waals surface area contributed by atoms with Gasteiger partial charge in [0.25, 0.3) is 0 Å². The number of hydrogen-bond donors (Lipinski definition) is 1. The Morgan fingerprint density at radius 1 is 1.29 bits per heavy atom. The van der Waals surface area contributed by atoms with Crippen molar-refractivity contribution in [3.63, 3.8) is 0 Å². The zero-order valence-electron chi connectivity index (χ0n) is 12.2. The third-order valence-corrected chi connectivity index (χ3v) is 2.82. The average molecular weight is 291 g/mol. The van der Waals surface area contributed by atoms with E-state index in [1.54, 1.807) is 26.4 Å². The molecule has 0 unspecified atom stereocenters. The lowest BCUT2D eigenvalue weighted by Crippen LogP contribution is -2.22. The highest BCUT2D eigenvalue weighted by molar-refractivity contribution is 5.72. The Labute approximate surface area is 122 Å². The largest absolute Gasteiger partial charge is 0.493 e. The van der Waals surface area contributed by atoms with Gasteiger partial charge >= 0.3 is 0 Å². The molecular weight excluding hydrogens is 274 g/mol. The molecule has 1 amide bonds. The Morgan fingerprint density at radius 3 is 2.71 bits per heavy atom. The van der Waals surface area contributed by atoms with Crippen molar-refractivity contribution in [2.75, 3.05) is 20.8 Å². The topological polar surface area (TPSA) is 86.5 Å². The molecule has 0 aliphatic carbocycles. The second-order valence-corrected chi connectivity index (χ2v) is 4.31. The van der Waals surface area contributed by atoms with Crippen LogP contribution in [0.15, 0.2) is 22.7 Å². The fourth-order valence-electron chi connectivity index (χ4n) is 1.79. The number of nitrogens with zero attached hydrogens (tertiary/aromatic N) is 2. The van der Waals surface area contributed by atoms with Crippen LogP contribution in [0.4, 0.5) is 0 Å². The van der Waals surface area contributed by atoms with Gasteiger partial charge in [0.15, 0.2) is 11.5 Å². The third kappa shape index (κ3) is 3.71. The van der Waals surface area contributed by atoms with Crippen LogP contribution in [0.2, 0.25) is 0 Å². The number of hydrogen-bond acceptors (Lipinski definition) is 6. The minimum absolute atomic E-state index is 0.0883. The molecule has 2 aromatic rings. The van der Waals surface area contributed by atoms with Crippen molar-refractivity contribution in [2.24, 2.45) is 0 Å². The molecule has 2 rings (SSSR count). The number of carbonyl (C=O) groups excluding carboxylic acids is 1. The molecule has 0 aliphatic rings. The molecule has 0 radical (unpaired) electrons. The van der Waals surface area contributed by atoms with E-state index in [0.717, 1.165) is 5.56 Å². The fraction of sp³-hybridized carbons (Fsp3) is 0.357. The third-order valence-electron chi connectivity index (χ3n) is 2.82. The van der Waals surface area contributed by atoms with Crippen LogP contribution < -0.4 is 14.8 Å². The van der Waals surface area contributed by atoms with Crippen LogP contribution in [0.3, 0.4) is 0 Å². The second kappa shape index (κ2) is 6.74. The van der Waals surface area contributed by atoms with E-state index in [1.807, 2.05) is 6.07 Å². The van der Waals surface area contributed by atoms with Crippen molar-refractivity contribution in [1.82, 2.24) is 15.5 Å². The van der Waals surface area contributed by atoms with E-state index in [-0.39, 0.29) is 5.91 Å². The highest BCUT2D eigenvalue weighted by atomic mass is 16.5. The first kappa shape index (κ1) is 14.8. The Balaban J connectivity index is 2.12. The standard InChI is InChI=1S/C14H17N3O4/c1-9(18)15-7-6-13-16-14(17-21-13)10-4-5-11(19-2)12(8-10)20-3/h4-5,8H,6-7H2,1-3H3,(H,15,18). The summed E-state index contributed by atoms with van der Waals surface area (Å²) in [6.07, 6.45) is 0.486. The molecule has 1 aromatic carbocycles. The molecule has 7 nitrogen and oxygen atoms in total. The summed E-state index contributed by atoms with van der Waals surface area (Å²) in [6, 6.07) is 5.38. The summed E-state index contributed by atoms with van der Waals surface area (Å²) in [4.78, 5) is 15.1. The van der Waals surface area contributed by atoms with Crippen LogP contribution in [-0.2, 0) is 11.2 Å². The summed E-state index contributed by atoms with van der Waals surface area (Å²) in [5.74, 6) is 2.08. The van der Waals surface area contributed by atoms with Crippen molar-refractivity contribution < 1.29 is 18.8 Å². The van der Waals surface area contributed by atoms with Gasteiger partial charge in [-0.3, -0.25) is 4.79 Å². The molecule has 0 spiro atoms. The molecule has 7 heteroatoms. The van der Waals surface area contributed by atoms with E-state index < -0.39 is 0 Å². The van der Waals surface area contributed by atoms with Crippen LogP contribution in [0.5, 0.6) is 11.5 Å². The maximum absolute atomic E-state index is 10.8. The van der Waals surface area contributed by atoms with Gasteiger partial charge in [0.2, 0.25) is 17.6 Å². The van der Waals surface area contributed by atoms with Crippen molar-refractivity contribution in [3.05, 3.63) is 24.1 Å². The zero-order chi connectivity index (χ0) is 15.2. The lowest BCUT2D eigenvalue weighted by molar-refractivity contribution is -0.118. The Morgan fingerprint density at radius 2 is 2.05 bits per heavy atom. The molecule has 0 saturated heterocycles. The van der Waals surface area contributed by atoms with Crippen molar-refractivity contribution in [2.45, 2.75) is 13.3 Å². The molecule has 1 N–H and O–H groups in total. The first-order valence-corrected chi connectivity index (χ1v) is 6.43. The van der Waals surface area contributed by atoms with Gasteiger partial charge in [0.05, 0.1) is 14.2 Å². The van der Waals surface area contributed by atoms with Crippen LogP contribution in [0.1, 0.15) is 12.8 Å². The van der Waals surface area contributed by atoms with Gasteiger partial charge in [0.1, 0.15) is 0 Å². The number of nitrogens with one attached hydrogen (secondary N) is 1. The molecule has 1 aromatic heterocycles. The van der Waals surface area contributed by atoms with E-state index >= 15 is 0 Å². The van der Waals surface area contributed by atoms with Gasteiger partial charge in [0, 0.05) is 25.5 Å². The highest BCUT2D eigenvalue weighted by Crippen LogP contribution is 2.31. The van der Waals surface area contributed by atoms with E-state index in [0.29, 0.717) is 36.2 Å². The van der Waals surface area contributed by atoms with Crippen molar-refractivity contribution >= 4 is 5.91 Å². The molecule has 0 saturated carbocycles. The minimum Gasteiger partial charge on any atom is -0.493 e. The Kier molecular flexibility index (Phi) is 4.76. The lowest BCUT2D eigenvalue weighted by atomic mass is 10.2. The smallest absolute Gasteiger partial charge is 0.228 e. The summed E-state index contributed by atoms with van der Waals surface area (Å²) in [7, 11) is 3.14. The van der Waals surface area contributed by atoms with E-state index in [4.69, 9.17) is 14.0 Å². The van der Waals surface area contributed by atoms with Gasteiger partial charge in [-0.2, -0.15) is 4.98 Å². The first-order chi connectivity index (χ1) is 10.1. The molecular formula is C14H17N3O4. The summed E-state index contributed by atoms with van der Waals surface area (Å²) >= 11 is 0. The Bertz CT molecular complexity index is 624. The van der Waals surface area contributed by atoms with Crippen LogP contribution in [0.25, 0.3) is 11.4 Å². The molecule has 21 heavy (non-hydrogen) atoms. The quantitative estimate of drug-likeness (QED) is 0.866. The number of ether oxygens (including phenoxy) is 2. The Hall–Kier alpha value is -2.57. The summed E-state index contributed by atoms with van der Waals surface area (Å²) in [5, 5.41) is 6.59. The van der Waals surface area contributed by atoms with Crippen LogP contribution in [0, 0.1) is 0 Å². The maximum Gasteiger partial charge on any atom is 0.228 e. The van der Waals surface area contributed by atoms with Gasteiger partial charge in [-0.15, -0.1) is 0 Å². The molecule has 0 bridgehead atoms. The van der Waals surface area contributed by atoms with Gasteiger partial charge in [-0.05, 0) is 18.2 Å². The summed E-state index contributed by atoms with van der Waals surface area (Å²) < 4.78 is 15.6. The average Bonchev–Trinajstić information content (AvgIpc) is 2.95. The zero-order valence-corrected chi connectivity index (χ0v) is 12.2.